The molecule has 0 spiro atoms. The summed E-state index contributed by atoms with van der Waals surface area (Å²) in [6.07, 6.45) is 2.11. The Hall–Kier alpha value is -1.49. The molecule has 4 nitrogen and oxygen atoms in total. The predicted molar refractivity (Wildman–Crippen MR) is 87.6 cm³/mol. The van der Waals surface area contributed by atoms with Crippen LogP contribution in [-0.4, -0.2) is 25.3 Å². The highest BCUT2D eigenvalue weighted by Gasteiger charge is 2.17. The summed E-state index contributed by atoms with van der Waals surface area (Å²) in [5.41, 5.74) is 3.14. The average molecular weight is 324 g/mol. The van der Waals surface area contributed by atoms with Gasteiger partial charge in [0.25, 0.3) is 0 Å². The Balaban J connectivity index is 2.34. The largest absolute Gasteiger partial charge is 0.497 e. The fourth-order valence-electron chi connectivity index (χ4n) is 2.33. The van der Waals surface area contributed by atoms with Gasteiger partial charge in [0.2, 0.25) is 0 Å². The van der Waals surface area contributed by atoms with Crippen molar-refractivity contribution in [1.29, 1.82) is 0 Å². The van der Waals surface area contributed by atoms with Gasteiger partial charge in [0.15, 0.2) is 6.29 Å². The number of rotatable bonds is 8. The van der Waals surface area contributed by atoms with Gasteiger partial charge >= 0.3 is 0 Å². The predicted octanol–water partition coefficient (Wildman–Crippen LogP) is 4.34. The Morgan fingerprint density at radius 2 is 1.86 bits per heavy atom. The molecule has 120 valence electrons. The zero-order valence-corrected chi connectivity index (χ0v) is 13.9. The zero-order valence-electron chi connectivity index (χ0n) is 13.2. The summed E-state index contributed by atoms with van der Waals surface area (Å²) in [5.74, 6) is 0.785. The van der Waals surface area contributed by atoms with Crippen molar-refractivity contribution in [3.05, 3.63) is 52.3 Å². The molecule has 1 N–H and O–H groups in total. The highest BCUT2D eigenvalue weighted by atomic mass is 35.5. The fourth-order valence-corrected chi connectivity index (χ4v) is 2.52. The van der Waals surface area contributed by atoms with Gasteiger partial charge in [0, 0.05) is 37.1 Å². The number of benzene rings is 1. The van der Waals surface area contributed by atoms with Crippen LogP contribution in [0.15, 0.2) is 30.5 Å². The molecule has 2 rings (SSSR count). The molecule has 0 bridgehead atoms. The van der Waals surface area contributed by atoms with Crippen LogP contribution in [0, 0.1) is 0 Å². The van der Waals surface area contributed by atoms with Crippen LogP contribution < -0.4 is 4.74 Å². The second-order valence-electron chi connectivity index (χ2n) is 4.83. The van der Waals surface area contributed by atoms with Crippen molar-refractivity contribution in [3.63, 3.8) is 0 Å². The van der Waals surface area contributed by atoms with Gasteiger partial charge in [0.05, 0.1) is 12.1 Å². The van der Waals surface area contributed by atoms with Gasteiger partial charge < -0.3 is 19.2 Å². The Bertz CT molecular complexity index is 591. The molecule has 0 fully saturated rings. The molecule has 0 aliphatic heterocycles. The first kappa shape index (κ1) is 16.9. The van der Waals surface area contributed by atoms with E-state index in [2.05, 4.69) is 4.98 Å². The minimum Gasteiger partial charge on any atom is -0.497 e. The van der Waals surface area contributed by atoms with E-state index >= 15 is 0 Å². The maximum Gasteiger partial charge on any atom is 0.184 e. The van der Waals surface area contributed by atoms with Gasteiger partial charge in [-0.15, -0.1) is 0 Å². The van der Waals surface area contributed by atoms with Crippen LogP contribution in [-0.2, 0) is 15.9 Å². The molecule has 0 saturated carbocycles. The summed E-state index contributed by atoms with van der Waals surface area (Å²) in [4.78, 5) is 3.17. The minimum atomic E-state index is -0.398. The van der Waals surface area contributed by atoms with Crippen molar-refractivity contribution in [2.24, 2.45) is 0 Å². The number of hydrogen-bond donors (Lipinski definition) is 1. The number of methoxy groups -OCH3 is 1. The van der Waals surface area contributed by atoms with E-state index in [0.717, 1.165) is 29.0 Å². The standard InChI is InChI=1S/C17H22ClNO3/c1-4-21-17(22-5-2)16-10-15(20-3)7-6-12(16)8-14-9-13(18)11-19-14/h6-7,9-11,17,19H,4-5,8H2,1-3H3. The summed E-state index contributed by atoms with van der Waals surface area (Å²) in [7, 11) is 1.65. The third kappa shape index (κ3) is 4.26. The van der Waals surface area contributed by atoms with Crippen molar-refractivity contribution in [1.82, 2.24) is 4.98 Å². The number of H-pyrrole nitrogens is 1. The number of aromatic amines is 1. The van der Waals surface area contributed by atoms with E-state index in [1.807, 2.05) is 38.1 Å². The van der Waals surface area contributed by atoms with E-state index in [0.29, 0.717) is 18.2 Å². The molecule has 22 heavy (non-hydrogen) atoms. The van der Waals surface area contributed by atoms with Crippen LogP contribution in [0.5, 0.6) is 5.75 Å². The first-order valence-corrected chi connectivity index (χ1v) is 7.78. The van der Waals surface area contributed by atoms with Gasteiger partial charge in [-0.25, -0.2) is 0 Å². The molecule has 1 aromatic carbocycles. The van der Waals surface area contributed by atoms with Crippen LogP contribution in [0.1, 0.15) is 37.0 Å². The fraction of sp³-hybridized carbons (Fsp3) is 0.412. The molecule has 0 aliphatic rings. The quantitative estimate of drug-likeness (QED) is 0.735. The second-order valence-corrected chi connectivity index (χ2v) is 5.26. The van der Waals surface area contributed by atoms with Gasteiger partial charge in [-0.1, -0.05) is 17.7 Å². The summed E-state index contributed by atoms with van der Waals surface area (Å²) < 4.78 is 16.8. The molecule has 0 radical (unpaired) electrons. The number of ether oxygens (including phenoxy) is 3. The highest BCUT2D eigenvalue weighted by Crippen LogP contribution is 2.29. The van der Waals surface area contributed by atoms with Crippen LogP contribution in [0.4, 0.5) is 0 Å². The van der Waals surface area contributed by atoms with Crippen molar-refractivity contribution in [2.45, 2.75) is 26.6 Å². The van der Waals surface area contributed by atoms with E-state index in [4.69, 9.17) is 25.8 Å². The molecule has 0 aliphatic carbocycles. The number of aromatic nitrogens is 1. The molecule has 0 atom stereocenters. The van der Waals surface area contributed by atoms with E-state index in [1.54, 1.807) is 13.3 Å². The molecule has 2 aromatic rings. The lowest BCUT2D eigenvalue weighted by atomic mass is 10.0. The average Bonchev–Trinajstić information content (AvgIpc) is 2.93. The molecule has 5 heteroatoms. The molecule has 0 unspecified atom stereocenters. The molecular weight excluding hydrogens is 302 g/mol. The van der Waals surface area contributed by atoms with Gasteiger partial charge in [0.1, 0.15) is 5.75 Å². The first-order valence-electron chi connectivity index (χ1n) is 7.40. The molecular formula is C17H22ClNO3. The molecule has 1 aromatic heterocycles. The lowest BCUT2D eigenvalue weighted by Crippen LogP contribution is -2.12. The van der Waals surface area contributed by atoms with Crippen molar-refractivity contribution < 1.29 is 14.2 Å². The normalized spacial score (nSPS) is 11.1. The van der Waals surface area contributed by atoms with Crippen LogP contribution >= 0.6 is 11.6 Å². The van der Waals surface area contributed by atoms with Gasteiger partial charge in [-0.2, -0.15) is 0 Å². The number of halogens is 1. The van der Waals surface area contributed by atoms with Crippen molar-refractivity contribution >= 4 is 11.6 Å². The monoisotopic (exact) mass is 323 g/mol. The van der Waals surface area contributed by atoms with E-state index in [1.165, 1.54) is 0 Å². The van der Waals surface area contributed by atoms with E-state index < -0.39 is 6.29 Å². The maximum atomic E-state index is 5.98. The Kier molecular flexibility index (Phi) is 6.31. The van der Waals surface area contributed by atoms with Gasteiger partial charge in [-0.05, 0) is 37.6 Å². The third-order valence-corrected chi connectivity index (χ3v) is 3.55. The number of nitrogens with one attached hydrogen (secondary N) is 1. The molecule has 1 heterocycles. The number of hydrogen-bond acceptors (Lipinski definition) is 3. The smallest absolute Gasteiger partial charge is 0.184 e. The van der Waals surface area contributed by atoms with E-state index in [9.17, 15) is 0 Å². The molecule has 0 amide bonds. The maximum absolute atomic E-state index is 5.98. The molecule has 0 saturated heterocycles. The zero-order chi connectivity index (χ0) is 15.9. The van der Waals surface area contributed by atoms with Crippen LogP contribution in [0.25, 0.3) is 0 Å². The SMILES string of the molecule is CCOC(OCC)c1cc(OC)ccc1Cc1cc(Cl)c[nH]1. The van der Waals surface area contributed by atoms with Crippen molar-refractivity contribution in [2.75, 3.05) is 20.3 Å². The van der Waals surface area contributed by atoms with E-state index in [-0.39, 0.29) is 0 Å². The summed E-state index contributed by atoms with van der Waals surface area (Å²) in [6.45, 7) is 5.07. The second kappa shape index (κ2) is 8.22. The lowest BCUT2D eigenvalue weighted by molar-refractivity contribution is -0.140. The Labute approximate surface area is 136 Å². The Morgan fingerprint density at radius 3 is 2.41 bits per heavy atom. The van der Waals surface area contributed by atoms with Gasteiger partial charge in [-0.3, -0.25) is 0 Å². The van der Waals surface area contributed by atoms with Crippen LogP contribution in [0.2, 0.25) is 5.02 Å². The van der Waals surface area contributed by atoms with Crippen LogP contribution in [0.3, 0.4) is 0 Å². The van der Waals surface area contributed by atoms with Crippen molar-refractivity contribution in [3.8, 4) is 5.75 Å². The topological polar surface area (TPSA) is 43.5 Å². The first-order chi connectivity index (χ1) is 10.7. The Morgan fingerprint density at radius 1 is 1.14 bits per heavy atom. The third-order valence-electron chi connectivity index (χ3n) is 3.33. The summed E-state index contributed by atoms with van der Waals surface area (Å²) in [6, 6.07) is 7.87. The highest BCUT2D eigenvalue weighted by molar-refractivity contribution is 6.30. The minimum absolute atomic E-state index is 0.398. The summed E-state index contributed by atoms with van der Waals surface area (Å²) >= 11 is 5.98. The summed E-state index contributed by atoms with van der Waals surface area (Å²) in [5, 5.41) is 0.705. The lowest BCUT2D eigenvalue weighted by Gasteiger charge is -2.21.